The van der Waals surface area contributed by atoms with E-state index in [1.165, 1.54) is 32.1 Å². The Balaban J connectivity index is 1.77. The molecule has 0 aromatic carbocycles. The maximum Gasteiger partial charge on any atom is 0.183 e. The van der Waals surface area contributed by atoms with Gasteiger partial charge in [0.1, 0.15) is 17.7 Å². The van der Waals surface area contributed by atoms with E-state index in [4.69, 9.17) is 0 Å². The van der Waals surface area contributed by atoms with E-state index in [0.717, 1.165) is 29.4 Å². The van der Waals surface area contributed by atoms with Gasteiger partial charge in [0.2, 0.25) is 0 Å². The van der Waals surface area contributed by atoms with Crippen LogP contribution in [-0.4, -0.2) is 26.5 Å². The highest BCUT2D eigenvalue weighted by Crippen LogP contribution is 2.39. The largest absolute Gasteiger partial charge is 0.368 e. The minimum atomic E-state index is 0.618. The molecule has 0 unspecified atom stereocenters. The molecule has 0 radical (unpaired) electrons. The van der Waals surface area contributed by atoms with Crippen LogP contribution in [0.4, 0.5) is 5.82 Å². The lowest BCUT2D eigenvalue weighted by atomic mass is 10.2. The molecular weight excluding hydrogens is 226 g/mol. The summed E-state index contributed by atoms with van der Waals surface area (Å²) in [6, 6.07) is 0. The first-order chi connectivity index (χ1) is 8.88. The van der Waals surface area contributed by atoms with Crippen LogP contribution in [0.25, 0.3) is 11.2 Å². The Morgan fingerprint density at radius 1 is 1.33 bits per heavy atom. The number of H-pyrrole nitrogens is 1. The monoisotopic (exact) mass is 245 g/mol. The fraction of sp³-hybridized carbons (Fsp3) is 0.615. The third kappa shape index (κ3) is 2.30. The average Bonchev–Trinajstić information content (AvgIpc) is 3.14. The number of rotatable bonds is 6. The van der Waals surface area contributed by atoms with E-state index in [1.54, 1.807) is 6.33 Å². The van der Waals surface area contributed by atoms with Crippen molar-refractivity contribution < 1.29 is 0 Å². The summed E-state index contributed by atoms with van der Waals surface area (Å²) in [5.41, 5.74) is 1.74. The normalized spacial score (nSPS) is 15.2. The summed E-state index contributed by atoms with van der Waals surface area (Å²) < 4.78 is 0. The molecule has 0 amide bonds. The van der Waals surface area contributed by atoms with Crippen molar-refractivity contribution in [2.75, 3.05) is 11.9 Å². The molecule has 1 aliphatic rings. The molecule has 1 saturated carbocycles. The van der Waals surface area contributed by atoms with Crippen molar-refractivity contribution in [3.8, 4) is 0 Å². The van der Waals surface area contributed by atoms with Crippen molar-refractivity contribution in [1.29, 1.82) is 0 Å². The highest BCUT2D eigenvalue weighted by atomic mass is 15.1. The van der Waals surface area contributed by atoms with Crippen molar-refractivity contribution in [3.63, 3.8) is 0 Å². The number of aromatic amines is 1. The predicted octanol–water partition coefficient (Wildman–Crippen LogP) is 2.83. The number of fused-ring (bicyclic) bond motifs is 1. The molecule has 0 bridgehead atoms. The molecule has 0 atom stereocenters. The lowest BCUT2D eigenvalue weighted by Crippen LogP contribution is -2.04. The molecule has 5 nitrogen and oxygen atoms in total. The predicted molar refractivity (Wildman–Crippen MR) is 71.7 cm³/mol. The van der Waals surface area contributed by atoms with Crippen LogP contribution < -0.4 is 5.32 Å². The molecule has 0 saturated heterocycles. The standard InChI is InChI=1S/C13H19N5/c1-2-3-4-7-14-12-10-13(16-8-15-12)18-11(17-10)9-5-6-9/h8-9H,2-7H2,1H3,(H2,14,15,16,17,18). The van der Waals surface area contributed by atoms with Gasteiger partial charge in [0.05, 0.1) is 0 Å². The van der Waals surface area contributed by atoms with Gasteiger partial charge < -0.3 is 10.3 Å². The first-order valence-electron chi connectivity index (χ1n) is 6.83. The fourth-order valence-electron chi connectivity index (χ4n) is 2.11. The Bertz CT molecular complexity index is 529. The van der Waals surface area contributed by atoms with Gasteiger partial charge >= 0.3 is 0 Å². The number of hydrogen-bond donors (Lipinski definition) is 2. The summed E-state index contributed by atoms with van der Waals surface area (Å²) in [6.07, 6.45) is 7.72. The van der Waals surface area contributed by atoms with Crippen LogP contribution in [0.1, 0.15) is 50.8 Å². The molecule has 96 valence electrons. The minimum Gasteiger partial charge on any atom is -0.368 e. The van der Waals surface area contributed by atoms with Crippen molar-refractivity contribution in [3.05, 3.63) is 12.2 Å². The molecule has 1 aliphatic carbocycles. The Labute approximate surface area is 106 Å². The molecule has 2 heterocycles. The average molecular weight is 245 g/mol. The topological polar surface area (TPSA) is 66.5 Å². The minimum absolute atomic E-state index is 0.618. The summed E-state index contributed by atoms with van der Waals surface area (Å²) in [5.74, 6) is 2.57. The first kappa shape index (κ1) is 11.4. The summed E-state index contributed by atoms with van der Waals surface area (Å²) in [5, 5.41) is 3.37. The Kier molecular flexibility index (Phi) is 3.13. The number of aromatic nitrogens is 4. The Morgan fingerprint density at radius 2 is 2.22 bits per heavy atom. The molecule has 0 aliphatic heterocycles. The number of nitrogens with one attached hydrogen (secondary N) is 2. The van der Waals surface area contributed by atoms with Crippen LogP contribution in [0, 0.1) is 0 Å². The Morgan fingerprint density at radius 3 is 3.00 bits per heavy atom. The van der Waals surface area contributed by atoms with Gasteiger partial charge in [0, 0.05) is 12.5 Å². The van der Waals surface area contributed by atoms with E-state index in [-0.39, 0.29) is 0 Å². The third-order valence-electron chi connectivity index (χ3n) is 3.34. The molecule has 3 rings (SSSR count). The van der Waals surface area contributed by atoms with E-state index in [1.807, 2.05) is 0 Å². The van der Waals surface area contributed by atoms with Gasteiger partial charge in [-0.3, -0.25) is 0 Å². The third-order valence-corrected chi connectivity index (χ3v) is 3.34. The van der Waals surface area contributed by atoms with E-state index >= 15 is 0 Å². The zero-order valence-corrected chi connectivity index (χ0v) is 10.7. The molecule has 1 fully saturated rings. The van der Waals surface area contributed by atoms with Crippen LogP contribution in [-0.2, 0) is 0 Å². The fourth-order valence-corrected chi connectivity index (χ4v) is 2.11. The van der Waals surface area contributed by atoms with E-state index in [2.05, 4.69) is 32.2 Å². The van der Waals surface area contributed by atoms with Crippen LogP contribution in [0.3, 0.4) is 0 Å². The maximum atomic E-state index is 4.53. The first-order valence-corrected chi connectivity index (χ1v) is 6.83. The maximum absolute atomic E-state index is 4.53. The van der Waals surface area contributed by atoms with Gasteiger partial charge in [-0.25, -0.2) is 15.0 Å². The lowest BCUT2D eigenvalue weighted by molar-refractivity contribution is 0.742. The van der Waals surface area contributed by atoms with Crippen molar-refractivity contribution in [2.24, 2.45) is 0 Å². The number of anilines is 1. The molecule has 2 aromatic rings. The molecule has 0 spiro atoms. The number of imidazole rings is 1. The molecule has 2 N–H and O–H groups in total. The van der Waals surface area contributed by atoms with E-state index in [9.17, 15) is 0 Å². The highest BCUT2D eigenvalue weighted by Gasteiger charge is 2.27. The second-order valence-electron chi connectivity index (χ2n) is 4.95. The summed E-state index contributed by atoms with van der Waals surface area (Å²) in [7, 11) is 0. The van der Waals surface area contributed by atoms with Crippen molar-refractivity contribution in [2.45, 2.75) is 44.9 Å². The van der Waals surface area contributed by atoms with Crippen molar-refractivity contribution in [1.82, 2.24) is 19.9 Å². The highest BCUT2D eigenvalue weighted by molar-refractivity contribution is 5.82. The van der Waals surface area contributed by atoms with Gasteiger partial charge in [-0.2, -0.15) is 0 Å². The lowest BCUT2D eigenvalue weighted by Gasteiger charge is -2.04. The summed E-state index contributed by atoms with van der Waals surface area (Å²) in [6.45, 7) is 3.16. The zero-order valence-electron chi connectivity index (χ0n) is 10.7. The smallest absolute Gasteiger partial charge is 0.183 e. The second-order valence-corrected chi connectivity index (χ2v) is 4.95. The Hall–Kier alpha value is -1.65. The van der Waals surface area contributed by atoms with Gasteiger partial charge in [0.15, 0.2) is 11.5 Å². The molecule has 18 heavy (non-hydrogen) atoms. The van der Waals surface area contributed by atoms with Gasteiger partial charge in [-0.15, -0.1) is 0 Å². The molecule has 2 aromatic heterocycles. The number of unbranched alkanes of at least 4 members (excludes halogenated alkanes) is 2. The second kappa shape index (κ2) is 4.92. The van der Waals surface area contributed by atoms with Crippen molar-refractivity contribution >= 4 is 17.0 Å². The summed E-state index contributed by atoms with van der Waals surface area (Å²) in [4.78, 5) is 16.4. The van der Waals surface area contributed by atoms with E-state index < -0.39 is 0 Å². The van der Waals surface area contributed by atoms with Crippen LogP contribution in [0.5, 0.6) is 0 Å². The SMILES string of the molecule is CCCCCNc1ncnc2nc(C3CC3)[nH]c12. The summed E-state index contributed by atoms with van der Waals surface area (Å²) >= 11 is 0. The van der Waals surface area contributed by atoms with Gasteiger partial charge in [0.25, 0.3) is 0 Å². The van der Waals surface area contributed by atoms with E-state index in [0.29, 0.717) is 5.92 Å². The zero-order chi connectivity index (χ0) is 12.4. The van der Waals surface area contributed by atoms with Crippen LogP contribution >= 0.6 is 0 Å². The number of hydrogen-bond acceptors (Lipinski definition) is 4. The quantitative estimate of drug-likeness (QED) is 0.768. The van der Waals surface area contributed by atoms with Crippen LogP contribution in [0.2, 0.25) is 0 Å². The molecule has 5 heteroatoms. The van der Waals surface area contributed by atoms with Gasteiger partial charge in [-0.1, -0.05) is 19.8 Å². The molecular formula is C13H19N5. The van der Waals surface area contributed by atoms with Gasteiger partial charge in [-0.05, 0) is 19.3 Å². The number of nitrogens with zero attached hydrogens (tertiary/aromatic N) is 3. The van der Waals surface area contributed by atoms with Crippen LogP contribution in [0.15, 0.2) is 6.33 Å².